The van der Waals surface area contributed by atoms with Crippen LogP contribution < -0.4 is 0 Å². The molecule has 0 radical (unpaired) electrons. The highest BCUT2D eigenvalue weighted by atomic mass is 13.9. The maximum Gasteiger partial charge on any atom is -0.0398 e. The van der Waals surface area contributed by atoms with Gasteiger partial charge in [0.2, 0.25) is 0 Å². The Bertz CT molecular complexity index is 151. The van der Waals surface area contributed by atoms with Gasteiger partial charge in [-0.3, -0.25) is 0 Å². The van der Waals surface area contributed by atoms with Gasteiger partial charge in [0.1, 0.15) is 0 Å². The number of hydrogen-bond donors (Lipinski definition) is 0. The van der Waals surface area contributed by atoms with Crippen LogP contribution in [0.3, 0.4) is 0 Å². The lowest BCUT2D eigenvalue weighted by molar-refractivity contribution is 1.09. The maximum absolute atomic E-state index is 2.12. The van der Waals surface area contributed by atoms with E-state index in [4.69, 9.17) is 0 Å². The summed E-state index contributed by atoms with van der Waals surface area (Å²) in [7, 11) is 0. The van der Waals surface area contributed by atoms with Crippen molar-refractivity contribution in [2.45, 2.75) is 89.5 Å². The van der Waals surface area contributed by atoms with Crippen molar-refractivity contribution in [3.63, 3.8) is 0 Å². The average molecular weight is 271 g/mol. The van der Waals surface area contributed by atoms with Crippen LogP contribution in [-0.4, -0.2) is 0 Å². The molecular formula is C19H42. The molecule has 0 bridgehead atoms. The van der Waals surface area contributed by atoms with Crippen molar-refractivity contribution >= 4 is 0 Å². The summed E-state index contributed by atoms with van der Waals surface area (Å²) in [6, 6.07) is 8.48. The Morgan fingerprint density at radius 2 is 0.632 bits per heavy atom. The van der Waals surface area contributed by atoms with Gasteiger partial charge in [0.15, 0.2) is 0 Å². The van der Waals surface area contributed by atoms with Crippen LogP contribution in [0.1, 0.15) is 86.8 Å². The molecule has 0 saturated carbocycles. The Balaban J connectivity index is -0.0000000508. The highest BCUT2D eigenvalue weighted by Crippen LogP contribution is 1.99. The first kappa shape index (κ1) is 30.9. The summed E-state index contributed by atoms with van der Waals surface area (Å²) in [5.41, 5.74) is 2.66. The normalized spacial score (nSPS) is 6.11. The molecule has 0 N–H and O–H groups in total. The van der Waals surface area contributed by atoms with Gasteiger partial charge in [-0.05, 0) is 13.8 Å². The van der Waals surface area contributed by atoms with Crippen LogP contribution in [0, 0.1) is 13.8 Å². The third-order valence-corrected chi connectivity index (χ3v) is 1.22. The van der Waals surface area contributed by atoms with Crippen LogP contribution in [-0.2, 0) is 0 Å². The molecule has 1 aromatic rings. The number of benzene rings is 1. The predicted octanol–water partition coefficient (Wildman–Crippen LogP) is 7.82. The van der Waals surface area contributed by atoms with Crippen LogP contribution in [0.2, 0.25) is 0 Å². The largest absolute Gasteiger partial charge is 0.0683 e. The molecule has 0 aromatic heterocycles. The minimum atomic E-state index is 1.25. The Morgan fingerprint density at radius 1 is 0.526 bits per heavy atom. The Kier molecular flexibility index (Phi) is 70.6. The van der Waals surface area contributed by atoms with E-state index < -0.39 is 0 Å². The van der Waals surface area contributed by atoms with Crippen LogP contribution >= 0.6 is 0 Å². The van der Waals surface area contributed by atoms with Crippen molar-refractivity contribution in [1.82, 2.24) is 0 Å². The molecule has 0 heterocycles. The Hall–Kier alpha value is -0.780. The lowest BCUT2D eigenvalue weighted by Crippen LogP contribution is -1.70. The van der Waals surface area contributed by atoms with E-state index in [0.29, 0.717) is 0 Å². The molecule has 0 saturated heterocycles. The van der Waals surface area contributed by atoms with Crippen LogP contribution in [0.15, 0.2) is 24.3 Å². The van der Waals surface area contributed by atoms with E-state index in [1.807, 2.05) is 55.4 Å². The zero-order chi connectivity index (χ0) is 16.7. The molecule has 0 atom stereocenters. The minimum absolute atomic E-state index is 1.25. The summed E-state index contributed by atoms with van der Waals surface area (Å²) < 4.78 is 0. The first-order valence-corrected chi connectivity index (χ1v) is 8.24. The fraction of sp³-hybridized carbons (Fsp3) is 0.684. The molecule has 0 amide bonds. The quantitative estimate of drug-likeness (QED) is 0.450. The SMILES string of the molecule is CC.CC.CC.CC.CCC.Cc1ccc(C)cc1. The summed E-state index contributed by atoms with van der Waals surface area (Å²) in [5, 5.41) is 0. The monoisotopic (exact) mass is 270 g/mol. The summed E-state index contributed by atoms with van der Waals surface area (Å²) in [5.74, 6) is 0. The van der Waals surface area contributed by atoms with E-state index in [2.05, 4.69) is 52.0 Å². The second-order valence-corrected chi connectivity index (χ2v) is 2.86. The second kappa shape index (κ2) is 43.4. The van der Waals surface area contributed by atoms with Gasteiger partial charge in [-0.1, -0.05) is 111 Å². The molecule has 0 aliphatic carbocycles. The third kappa shape index (κ3) is 46.9. The van der Waals surface area contributed by atoms with E-state index in [9.17, 15) is 0 Å². The van der Waals surface area contributed by atoms with Crippen molar-refractivity contribution in [3.05, 3.63) is 35.4 Å². The van der Waals surface area contributed by atoms with Gasteiger partial charge in [-0.2, -0.15) is 0 Å². The highest BCUT2D eigenvalue weighted by molar-refractivity contribution is 5.19. The van der Waals surface area contributed by atoms with Gasteiger partial charge < -0.3 is 0 Å². The fourth-order valence-electron chi connectivity index (χ4n) is 0.637. The van der Waals surface area contributed by atoms with E-state index in [-0.39, 0.29) is 0 Å². The van der Waals surface area contributed by atoms with Gasteiger partial charge in [0.05, 0.1) is 0 Å². The maximum atomic E-state index is 2.12. The van der Waals surface area contributed by atoms with Crippen molar-refractivity contribution in [2.24, 2.45) is 0 Å². The Labute approximate surface area is 125 Å². The van der Waals surface area contributed by atoms with E-state index in [1.54, 1.807) is 0 Å². The molecular weight excluding hydrogens is 228 g/mol. The molecule has 19 heavy (non-hydrogen) atoms. The average Bonchev–Trinajstić information content (AvgIpc) is 2.51. The minimum Gasteiger partial charge on any atom is -0.0683 e. The molecule has 1 rings (SSSR count). The highest BCUT2D eigenvalue weighted by Gasteiger charge is 1.79. The van der Waals surface area contributed by atoms with Crippen LogP contribution in [0.4, 0.5) is 0 Å². The van der Waals surface area contributed by atoms with Crippen molar-refractivity contribution in [1.29, 1.82) is 0 Å². The smallest absolute Gasteiger partial charge is 0.0398 e. The molecule has 0 fully saturated rings. The van der Waals surface area contributed by atoms with Crippen molar-refractivity contribution in [3.8, 4) is 0 Å². The lowest BCUT2D eigenvalue weighted by Gasteiger charge is -1.90. The standard InChI is InChI=1S/C8H10.C3H8.4C2H6/c1-7-3-5-8(2)6-4-7;1-3-2;4*1-2/h3-6H,1-2H3;3H2,1-2H3;4*1-2H3. The summed E-state index contributed by atoms with van der Waals surface area (Å²) in [4.78, 5) is 0. The van der Waals surface area contributed by atoms with Gasteiger partial charge >= 0.3 is 0 Å². The fourth-order valence-corrected chi connectivity index (χ4v) is 0.637. The summed E-state index contributed by atoms with van der Waals surface area (Å²) in [6.45, 7) is 24.4. The third-order valence-electron chi connectivity index (χ3n) is 1.22. The van der Waals surface area contributed by atoms with Crippen LogP contribution in [0.25, 0.3) is 0 Å². The molecule has 0 nitrogen and oxygen atoms in total. The molecule has 0 heteroatoms. The van der Waals surface area contributed by atoms with Crippen molar-refractivity contribution in [2.75, 3.05) is 0 Å². The first-order chi connectivity index (χ1) is 9.20. The van der Waals surface area contributed by atoms with E-state index >= 15 is 0 Å². The zero-order valence-electron chi connectivity index (χ0n) is 16.0. The number of hydrogen-bond acceptors (Lipinski definition) is 0. The second-order valence-electron chi connectivity index (χ2n) is 2.86. The molecule has 0 spiro atoms. The van der Waals surface area contributed by atoms with Gasteiger partial charge in [0, 0.05) is 0 Å². The topological polar surface area (TPSA) is 0 Å². The van der Waals surface area contributed by atoms with E-state index in [0.717, 1.165) is 0 Å². The summed E-state index contributed by atoms with van der Waals surface area (Å²) in [6.07, 6.45) is 1.25. The molecule has 0 unspecified atom stereocenters. The van der Waals surface area contributed by atoms with Gasteiger partial charge in [-0.15, -0.1) is 0 Å². The molecule has 118 valence electrons. The number of aryl methyl sites for hydroxylation is 2. The first-order valence-electron chi connectivity index (χ1n) is 8.24. The van der Waals surface area contributed by atoms with Crippen LogP contribution in [0.5, 0.6) is 0 Å². The molecule has 0 aliphatic heterocycles. The van der Waals surface area contributed by atoms with Gasteiger partial charge in [0.25, 0.3) is 0 Å². The predicted molar refractivity (Wildman–Crippen MR) is 97.3 cm³/mol. The molecule has 1 aromatic carbocycles. The van der Waals surface area contributed by atoms with Gasteiger partial charge in [-0.25, -0.2) is 0 Å². The Morgan fingerprint density at radius 3 is 0.737 bits per heavy atom. The van der Waals surface area contributed by atoms with Crippen molar-refractivity contribution < 1.29 is 0 Å². The summed E-state index contributed by atoms with van der Waals surface area (Å²) >= 11 is 0. The lowest BCUT2D eigenvalue weighted by atomic mass is 10.2. The number of rotatable bonds is 0. The molecule has 0 aliphatic rings. The zero-order valence-corrected chi connectivity index (χ0v) is 16.0. The van der Waals surface area contributed by atoms with E-state index in [1.165, 1.54) is 17.5 Å².